The molecule has 0 amide bonds. The Kier molecular flexibility index (Phi) is 1.63. The third kappa shape index (κ3) is 1.00. The number of pyridine rings is 1. The molecule has 0 fully saturated rings. The molecule has 0 bridgehead atoms. The van der Waals surface area contributed by atoms with E-state index in [9.17, 15) is 9.59 Å². The highest BCUT2D eigenvalue weighted by Gasteiger charge is 2.15. The van der Waals surface area contributed by atoms with Crippen LogP contribution in [0.3, 0.4) is 0 Å². The van der Waals surface area contributed by atoms with E-state index in [1.807, 2.05) is 0 Å². The molecule has 0 spiro atoms. The van der Waals surface area contributed by atoms with Crippen LogP contribution in [0.25, 0.3) is 11.0 Å². The Balaban J connectivity index is 2.97. The van der Waals surface area contributed by atoms with Crippen LogP contribution in [0.5, 0.6) is 0 Å². The van der Waals surface area contributed by atoms with Crippen molar-refractivity contribution in [3.05, 3.63) is 27.7 Å². The lowest BCUT2D eigenvalue weighted by atomic mass is 10.1. The minimum Gasteiger partial charge on any atom is -0.477 e. The number of H-pyrrole nitrogens is 2. The molecule has 0 unspecified atom stereocenters. The van der Waals surface area contributed by atoms with Crippen molar-refractivity contribution >= 4 is 17.0 Å². The minimum atomic E-state index is -1.23. The Morgan fingerprint density at radius 1 is 1.57 bits per heavy atom. The number of carbonyl (C=O) groups is 1. The van der Waals surface area contributed by atoms with E-state index in [-0.39, 0.29) is 10.9 Å². The van der Waals surface area contributed by atoms with Gasteiger partial charge in [0, 0.05) is 5.69 Å². The first-order valence-electron chi connectivity index (χ1n) is 3.90. The summed E-state index contributed by atoms with van der Waals surface area (Å²) in [6.07, 6.45) is 1.31. The van der Waals surface area contributed by atoms with Gasteiger partial charge in [-0.2, -0.15) is 5.10 Å². The molecule has 0 aromatic carbocycles. The van der Waals surface area contributed by atoms with E-state index in [0.29, 0.717) is 11.3 Å². The second-order valence-electron chi connectivity index (χ2n) is 2.92. The van der Waals surface area contributed by atoms with Crippen LogP contribution >= 0.6 is 0 Å². The van der Waals surface area contributed by atoms with E-state index in [1.165, 1.54) is 13.1 Å². The highest BCUT2D eigenvalue weighted by molar-refractivity contribution is 5.92. The quantitative estimate of drug-likeness (QED) is 0.604. The van der Waals surface area contributed by atoms with Gasteiger partial charge >= 0.3 is 5.97 Å². The summed E-state index contributed by atoms with van der Waals surface area (Å²) in [5.74, 6) is -1.23. The number of rotatable bonds is 1. The number of carboxylic acid groups (broad SMARTS) is 1. The Bertz CT molecular complexity index is 567. The molecule has 2 aromatic rings. The highest BCUT2D eigenvalue weighted by atomic mass is 16.4. The number of fused-ring (bicyclic) bond motifs is 1. The van der Waals surface area contributed by atoms with Crippen LogP contribution in [0.2, 0.25) is 0 Å². The van der Waals surface area contributed by atoms with Gasteiger partial charge in [0.15, 0.2) is 0 Å². The van der Waals surface area contributed by atoms with Gasteiger partial charge in [0.25, 0.3) is 0 Å². The van der Waals surface area contributed by atoms with Crippen LogP contribution < -0.4 is 5.43 Å². The summed E-state index contributed by atoms with van der Waals surface area (Å²) in [7, 11) is 0. The number of hydrogen-bond donors (Lipinski definition) is 3. The van der Waals surface area contributed by atoms with Crippen LogP contribution in [0.1, 0.15) is 16.1 Å². The van der Waals surface area contributed by atoms with Crippen molar-refractivity contribution in [3.63, 3.8) is 0 Å². The van der Waals surface area contributed by atoms with E-state index >= 15 is 0 Å². The Morgan fingerprint density at radius 3 is 2.93 bits per heavy atom. The Hall–Kier alpha value is -2.11. The fourth-order valence-electron chi connectivity index (χ4n) is 1.37. The molecule has 0 aliphatic heterocycles. The van der Waals surface area contributed by atoms with Gasteiger partial charge in [-0.3, -0.25) is 9.89 Å². The van der Waals surface area contributed by atoms with Crippen LogP contribution in [0, 0.1) is 6.92 Å². The summed E-state index contributed by atoms with van der Waals surface area (Å²) in [5.41, 5.74) is 0.00755. The SMILES string of the molecule is Cc1[nH]c2[nH]ncc2c(=O)c1C(=O)O. The van der Waals surface area contributed by atoms with Gasteiger partial charge in [0.1, 0.15) is 11.2 Å². The van der Waals surface area contributed by atoms with E-state index in [4.69, 9.17) is 5.11 Å². The lowest BCUT2D eigenvalue weighted by Gasteiger charge is -1.99. The van der Waals surface area contributed by atoms with Gasteiger partial charge in [-0.1, -0.05) is 0 Å². The molecular weight excluding hydrogens is 186 g/mol. The molecule has 2 aromatic heterocycles. The van der Waals surface area contributed by atoms with Gasteiger partial charge in [0.2, 0.25) is 5.43 Å². The second kappa shape index (κ2) is 2.69. The average molecular weight is 193 g/mol. The second-order valence-corrected chi connectivity index (χ2v) is 2.92. The number of nitrogens with one attached hydrogen (secondary N) is 2. The van der Waals surface area contributed by atoms with Gasteiger partial charge in [-0.25, -0.2) is 4.79 Å². The van der Waals surface area contributed by atoms with E-state index in [0.717, 1.165) is 0 Å². The zero-order valence-electron chi connectivity index (χ0n) is 7.29. The maximum atomic E-state index is 11.6. The van der Waals surface area contributed by atoms with Crippen molar-refractivity contribution in [2.45, 2.75) is 6.92 Å². The molecule has 0 saturated heterocycles. The maximum Gasteiger partial charge on any atom is 0.341 e. The van der Waals surface area contributed by atoms with Gasteiger partial charge < -0.3 is 10.1 Å². The summed E-state index contributed by atoms with van der Waals surface area (Å²) < 4.78 is 0. The van der Waals surface area contributed by atoms with Gasteiger partial charge in [0.05, 0.1) is 11.6 Å². The molecule has 0 radical (unpaired) electrons. The van der Waals surface area contributed by atoms with Crippen LogP contribution in [0.4, 0.5) is 0 Å². The fraction of sp³-hybridized carbons (Fsp3) is 0.125. The molecule has 2 heterocycles. The monoisotopic (exact) mass is 193 g/mol. The molecule has 0 atom stereocenters. The van der Waals surface area contributed by atoms with Gasteiger partial charge in [-0.05, 0) is 6.92 Å². The van der Waals surface area contributed by atoms with Crippen molar-refractivity contribution in [2.24, 2.45) is 0 Å². The normalized spacial score (nSPS) is 10.6. The molecule has 2 rings (SSSR count). The zero-order chi connectivity index (χ0) is 10.3. The summed E-state index contributed by atoms with van der Waals surface area (Å²) in [6.45, 7) is 1.53. The number of aromatic carboxylic acids is 1. The first-order valence-corrected chi connectivity index (χ1v) is 3.90. The molecule has 72 valence electrons. The molecule has 0 aliphatic rings. The number of carboxylic acids is 1. The summed E-state index contributed by atoms with van der Waals surface area (Å²) in [4.78, 5) is 25.1. The van der Waals surface area contributed by atoms with Crippen molar-refractivity contribution in [3.8, 4) is 0 Å². The van der Waals surface area contributed by atoms with Crippen molar-refractivity contribution in [1.29, 1.82) is 0 Å². The predicted molar refractivity (Wildman–Crippen MR) is 48.4 cm³/mol. The molecular formula is C8H7N3O3. The van der Waals surface area contributed by atoms with Crippen LogP contribution in [-0.2, 0) is 0 Å². The fourth-order valence-corrected chi connectivity index (χ4v) is 1.37. The smallest absolute Gasteiger partial charge is 0.341 e. The third-order valence-corrected chi connectivity index (χ3v) is 2.01. The third-order valence-electron chi connectivity index (χ3n) is 2.01. The predicted octanol–water partition coefficient (Wildman–Crippen LogP) is 0.258. The molecule has 14 heavy (non-hydrogen) atoms. The van der Waals surface area contributed by atoms with Crippen molar-refractivity contribution < 1.29 is 9.90 Å². The Morgan fingerprint density at radius 2 is 2.29 bits per heavy atom. The summed E-state index contributed by atoms with van der Waals surface area (Å²) in [5, 5.41) is 15.3. The number of aromatic amines is 2. The standard InChI is InChI=1S/C8H7N3O3/c1-3-5(8(13)14)6(12)4-2-9-11-7(4)10-3/h2H,1H3,(H,13,14)(H2,9,10,11,12). The average Bonchev–Trinajstić information content (AvgIpc) is 2.50. The largest absolute Gasteiger partial charge is 0.477 e. The first kappa shape index (κ1) is 8.49. The molecule has 6 heteroatoms. The molecule has 6 nitrogen and oxygen atoms in total. The Labute approximate surface area is 77.6 Å². The first-order chi connectivity index (χ1) is 6.61. The molecule has 0 aliphatic carbocycles. The lowest BCUT2D eigenvalue weighted by molar-refractivity contribution is 0.0694. The van der Waals surface area contributed by atoms with Crippen molar-refractivity contribution in [1.82, 2.24) is 15.2 Å². The summed E-state index contributed by atoms with van der Waals surface area (Å²) >= 11 is 0. The maximum absolute atomic E-state index is 11.6. The molecule has 0 saturated carbocycles. The van der Waals surface area contributed by atoms with Crippen LogP contribution in [-0.4, -0.2) is 26.3 Å². The van der Waals surface area contributed by atoms with Crippen molar-refractivity contribution in [2.75, 3.05) is 0 Å². The van der Waals surface area contributed by atoms with E-state index < -0.39 is 11.4 Å². The number of aryl methyl sites for hydroxylation is 1. The number of hydrogen-bond acceptors (Lipinski definition) is 3. The number of nitrogens with zero attached hydrogens (tertiary/aromatic N) is 1. The van der Waals surface area contributed by atoms with E-state index in [1.54, 1.807) is 0 Å². The summed E-state index contributed by atoms with van der Waals surface area (Å²) in [6, 6.07) is 0. The lowest BCUT2D eigenvalue weighted by Crippen LogP contribution is -2.17. The number of aromatic nitrogens is 3. The van der Waals surface area contributed by atoms with Gasteiger partial charge in [-0.15, -0.1) is 0 Å². The topological polar surface area (TPSA) is 98.8 Å². The van der Waals surface area contributed by atoms with E-state index in [2.05, 4.69) is 15.2 Å². The van der Waals surface area contributed by atoms with Crippen LogP contribution in [0.15, 0.2) is 11.0 Å². The zero-order valence-corrected chi connectivity index (χ0v) is 7.29. The molecule has 3 N–H and O–H groups in total. The minimum absolute atomic E-state index is 0.237. The highest BCUT2D eigenvalue weighted by Crippen LogP contribution is 2.07.